The summed E-state index contributed by atoms with van der Waals surface area (Å²) in [4.78, 5) is 12.1. The van der Waals surface area contributed by atoms with E-state index in [1.54, 1.807) is 6.07 Å². The second-order valence-electron chi connectivity index (χ2n) is 4.43. The van der Waals surface area contributed by atoms with Gasteiger partial charge in [0, 0.05) is 19.8 Å². The molecule has 0 atom stereocenters. The number of carbonyl (C=O) groups excluding carboxylic acids is 1. The number of allylic oxidation sites excluding steroid dienone is 1. The molecule has 1 aromatic carbocycles. The van der Waals surface area contributed by atoms with Crippen molar-refractivity contribution in [1.82, 2.24) is 0 Å². The average molecular weight is 294 g/mol. The van der Waals surface area contributed by atoms with E-state index < -0.39 is 5.97 Å². The lowest BCUT2D eigenvalue weighted by Gasteiger charge is -2.14. The van der Waals surface area contributed by atoms with Crippen LogP contribution in [0.25, 0.3) is 6.08 Å². The summed E-state index contributed by atoms with van der Waals surface area (Å²) in [6.07, 6.45) is 4.81. The number of carbonyl (C=O) groups is 1. The van der Waals surface area contributed by atoms with Crippen LogP contribution < -0.4 is 4.74 Å². The minimum atomic E-state index is -0.488. The molecule has 1 rings (SSSR count). The first-order valence-corrected chi connectivity index (χ1v) is 6.73. The van der Waals surface area contributed by atoms with Crippen LogP contribution in [0.3, 0.4) is 0 Å². The van der Waals surface area contributed by atoms with Gasteiger partial charge in [0.05, 0.1) is 0 Å². The Morgan fingerprint density at radius 3 is 2.52 bits per heavy atom. The smallest absolute Gasteiger partial charge is 0.344 e. The van der Waals surface area contributed by atoms with Crippen molar-refractivity contribution in [2.45, 2.75) is 20.3 Å². The number of benzene rings is 1. The van der Waals surface area contributed by atoms with E-state index >= 15 is 0 Å². The second kappa shape index (κ2) is 9.15. The molecule has 0 aliphatic carbocycles. The Labute approximate surface area is 125 Å². The molecule has 0 aliphatic heterocycles. The summed E-state index contributed by atoms with van der Waals surface area (Å²) < 4.78 is 20.2. The van der Waals surface area contributed by atoms with Gasteiger partial charge in [-0.2, -0.15) is 0 Å². The van der Waals surface area contributed by atoms with Crippen LogP contribution in [0.15, 0.2) is 18.2 Å². The number of aryl methyl sites for hydroxylation is 1. The zero-order valence-electron chi connectivity index (χ0n) is 13.0. The molecule has 0 saturated heterocycles. The topological polar surface area (TPSA) is 54.0 Å². The van der Waals surface area contributed by atoms with Crippen LogP contribution in [-0.2, 0) is 14.2 Å². The minimum Gasteiger partial charge on any atom is -0.466 e. The van der Waals surface area contributed by atoms with E-state index in [1.165, 1.54) is 14.2 Å². The summed E-state index contributed by atoms with van der Waals surface area (Å²) in [7, 11) is 2.99. The molecule has 0 radical (unpaired) electrons. The molecular weight excluding hydrogens is 272 g/mol. The third-order valence-corrected chi connectivity index (χ3v) is 2.64. The van der Waals surface area contributed by atoms with Crippen LogP contribution in [-0.4, -0.2) is 33.8 Å². The highest BCUT2D eigenvalue weighted by atomic mass is 16.7. The van der Waals surface area contributed by atoms with Gasteiger partial charge in [-0.25, -0.2) is 4.79 Å². The van der Waals surface area contributed by atoms with Crippen molar-refractivity contribution in [2.24, 2.45) is 0 Å². The fourth-order valence-electron chi connectivity index (χ4n) is 1.79. The Balaban J connectivity index is 3.21. The van der Waals surface area contributed by atoms with Gasteiger partial charge in [-0.3, -0.25) is 0 Å². The van der Waals surface area contributed by atoms with E-state index in [1.807, 2.05) is 32.1 Å². The zero-order valence-corrected chi connectivity index (χ0v) is 13.0. The molecule has 116 valence electrons. The molecule has 5 nitrogen and oxygen atoms in total. The summed E-state index contributed by atoms with van der Waals surface area (Å²) in [5, 5.41) is 0. The lowest BCUT2D eigenvalue weighted by Crippen LogP contribution is -2.12. The Morgan fingerprint density at radius 1 is 1.19 bits per heavy atom. The maximum absolute atomic E-state index is 12.1. The summed E-state index contributed by atoms with van der Waals surface area (Å²) >= 11 is 0. The number of hydrogen-bond donors (Lipinski definition) is 0. The SMILES string of the molecule is CC/C=C/c1cc(C)cc(C(=O)OCOC)c1OCOC. The second-order valence-corrected chi connectivity index (χ2v) is 4.43. The molecule has 0 aliphatic rings. The van der Waals surface area contributed by atoms with Crippen LogP contribution in [0.4, 0.5) is 0 Å². The van der Waals surface area contributed by atoms with Crippen LogP contribution in [0, 0.1) is 6.92 Å². The molecule has 1 aromatic rings. The van der Waals surface area contributed by atoms with E-state index in [0.29, 0.717) is 11.3 Å². The number of hydrogen-bond acceptors (Lipinski definition) is 5. The van der Waals surface area contributed by atoms with Gasteiger partial charge in [0.2, 0.25) is 0 Å². The molecule has 0 saturated carbocycles. The fraction of sp³-hybridized carbons (Fsp3) is 0.438. The number of ether oxygens (including phenoxy) is 4. The Hall–Kier alpha value is -1.85. The number of esters is 1. The average Bonchev–Trinajstić information content (AvgIpc) is 2.48. The van der Waals surface area contributed by atoms with Gasteiger partial charge in [-0.05, 0) is 31.0 Å². The summed E-state index contributed by atoms with van der Waals surface area (Å²) in [6.45, 7) is 3.91. The predicted octanol–water partition coefficient (Wildman–Crippen LogP) is 3.16. The molecule has 0 amide bonds. The first-order chi connectivity index (χ1) is 10.1. The van der Waals surface area contributed by atoms with Gasteiger partial charge in [-0.1, -0.05) is 19.1 Å². The van der Waals surface area contributed by atoms with Crippen molar-refractivity contribution in [3.8, 4) is 5.75 Å². The fourth-order valence-corrected chi connectivity index (χ4v) is 1.79. The molecule has 21 heavy (non-hydrogen) atoms. The third-order valence-electron chi connectivity index (χ3n) is 2.64. The molecule has 0 fully saturated rings. The molecule has 0 bridgehead atoms. The molecule has 0 heterocycles. The first-order valence-electron chi connectivity index (χ1n) is 6.73. The van der Waals surface area contributed by atoms with E-state index in [9.17, 15) is 4.79 Å². The lowest BCUT2D eigenvalue weighted by atomic mass is 10.0. The third kappa shape index (κ3) is 5.21. The van der Waals surface area contributed by atoms with E-state index in [2.05, 4.69) is 0 Å². The number of rotatable bonds is 8. The van der Waals surface area contributed by atoms with Gasteiger partial charge in [0.1, 0.15) is 11.3 Å². The van der Waals surface area contributed by atoms with Crippen molar-refractivity contribution in [3.05, 3.63) is 34.9 Å². The Morgan fingerprint density at radius 2 is 1.90 bits per heavy atom. The largest absolute Gasteiger partial charge is 0.466 e. The van der Waals surface area contributed by atoms with Crippen LogP contribution in [0.2, 0.25) is 0 Å². The maximum atomic E-state index is 12.1. The minimum absolute atomic E-state index is 0.0561. The highest BCUT2D eigenvalue weighted by Gasteiger charge is 2.18. The summed E-state index contributed by atoms with van der Waals surface area (Å²) in [5.74, 6) is -0.0361. The summed E-state index contributed by atoms with van der Waals surface area (Å²) in [6, 6.07) is 3.68. The highest BCUT2D eigenvalue weighted by molar-refractivity contribution is 5.94. The van der Waals surface area contributed by atoms with E-state index in [4.69, 9.17) is 18.9 Å². The van der Waals surface area contributed by atoms with Crippen LogP contribution in [0.1, 0.15) is 34.8 Å². The molecule has 0 N–H and O–H groups in total. The van der Waals surface area contributed by atoms with Crippen molar-refractivity contribution in [3.63, 3.8) is 0 Å². The van der Waals surface area contributed by atoms with Gasteiger partial charge in [0.15, 0.2) is 13.6 Å². The lowest BCUT2D eigenvalue weighted by molar-refractivity contribution is -0.0132. The van der Waals surface area contributed by atoms with Crippen molar-refractivity contribution in [1.29, 1.82) is 0 Å². The summed E-state index contributed by atoms with van der Waals surface area (Å²) in [5.41, 5.74) is 2.12. The molecule has 5 heteroatoms. The Kier molecular flexibility index (Phi) is 7.50. The van der Waals surface area contributed by atoms with Gasteiger partial charge in [0.25, 0.3) is 0 Å². The molecule has 0 unspecified atom stereocenters. The van der Waals surface area contributed by atoms with E-state index in [0.717, 1.165) is 17.5 Å². The standard InChI is InChI=1S/C16H22O5/c1-5-6-7-13-8-12(2)9-14(15(13)20-10-18-3)16(17)21-11-19-4/h6-9H,5,10-11H2,1-4H3/b7-6+. The molecule has 0 aromatic heterocycles. The molecule has 0 spiro atoms. The van der Waals surface area contributed by atoms with Crippen LogP contribution in [0.5, 0.6) is 5.75 Å². The Bertz CT molecular complexity index is 494. The van der Waals surface area contributed by atoms with Gasteiger partial charge in [-0.15, -0.1) is 0 Å². The maximum Gasteiger partial charge on any atom is 0.344 e. The first kappa shape index (κ1) is 17.2. The molecular formula is C16H22O5. The van der Waals surface area contributed by atoms with E-state index in [-0.39, 0.29) is 13.6 Å². The van der Waals surface area contributed by atoms with Crippen LogP contribution >= 0.6 is 0 Å². The van der Waals surface area contributed by atoms with Gasteiger partial charge < -0.3 is 18.9 Å². The highest BCUT2D eigenvalue weighted by Crippen LogP contribution is 2.28. The quantitative estimate of drug-likeness (QED) is 0.544. The van der Waals surface area contributed by atoms with Crippen molar-refractivity contribution >= 4 is 12.0 Å². The normalized spacial score (nSPS) is 10.9. The van der Waals surface area contributed by atoms with Gasteiger partial charge >= 0.3 is 5.97 Å². The number of methoxy groups -OCH3 is 2. The predicted molar refractivity (Wildman–Crippen MR) is 80.3 cm³/mol. The monoisotopic (exact) mass is 294 g/mol. The van der Waals surface area contributed by atoms with Crippen molar-refractivity contribution < 1.29 is 23.7 Å². The zero-order chi connectivity index (χ0) is 15.7. The van der Waals surface area contributed by atoms with Crippen molar-refractivity contribution in [2.75, 3.05) is 27.8 Å².